The van der Waals surface area contributed by atoms with Crippen LogP contribution in [0.5, 0.6) is 5.75 Å². The lowest BCUT2D eigenvalue weighted by atomic mass is 10.1. The van der Waals surface area contributed by atoms with E-state index in [1.165, 1.54) is 5.56 Å². The number of carbonyl (C=O) groups is 1. The number of rotatable bonds is 7. The molecular formula is C22H23ClN2O2S. The summed E-state index contributed by atoms with van der Waals surface area (Å²) >= 11 is 7.47. The number of ether oxygens (including phenoxy) is 1. The maximum Gasteiger partial charge on any atom is 0.254 e. The molecule has 0 unspecified atom stereocenters. The monoisotopic (exact) mass is 414 g/mol. The molecule has 0 radical (unpaired) electrons. The van der Waals surface area contributed by atoms with E-state index in [9.17, 15) is 4.79 Å². The van der Waals surface area contributed by atoms with Gasteiger partial charge >= 0.3 is 0 Å². The Hall–Kier alpha value is -2.37. The third-order valence-electron chi connectivity index (χ3n) is 4.29. The Bertz CT molecular complexity index is 920. The van der Waals surface area contributed by atoms with Gasteiger partial charge in [-0.1, -0.05) is 29.3 Å². The van der Waals surface area contributed by atoms with Gasteiger partial charge in [-0.3, -0.25) is 4.79 Å². The minimum absolute atomic E-state index is 0.0304. The number of aromatic nitrogens is 1. The first-order valence-electron chi connectivity index (χ1n) is 9.11. The second-order valence-electron chi connectivity index (χ2n) is 6.87. The molecule has 2 aromatic carbocycles. The van der Waals surface area contributed by atoms with Crippen LogP contribution in [0.2, 0.25) is 5.02 Å². The van der Waals surface area contributed by atoms with Gasteiger partial charge < -0.3 is 9.64 Å². The van der Waals surface area contributed by atoms with Gasteiger partial charge in [0.1, 0.15) is 17.4 Å². The van der Waals surface area contributed by atoms with Crippen LogP contribution in [0.3, 0.4) is 0 Å². The number of thiazole rings is 1. The Morgan fingerprint density at radius 3 is 2.46 bits per heavy atom. The summed E-state index contributed by atoms with van der Waals surface area (Å²) in [5.41, 5.74) is 2.68. The summed E-state index contributed by atoms with van der Waals surface area (Å²) in [6, 6.07) is 15.0. The van der Waals surface area contributed by atoms with Gasteiger partial charge in [-0.15, -0.1) is 11.3 Å². The molecule has 6 heteroatoms. The third kappa shape index (κ3) is 5.33. The molecule has 0 aliphatic carbocycles. The molecule has 4 nitrogen and oxygen atoms in total. The average molecular weight is 415 g/mol. The van der Waals surface area contributed by atoms with Crippen molar-refractivity contribution in [3.8, 4) is 5.75 Å². The highest BCUT2D eigenvalue weighted by Gasteiger charge is 2.20. The standard InChI is InChI=1S/C22H23ClN2O2S/c1-15(2)25(22(26)17-6-8-18(23)9-7-17)12-19-14-28-21(24-19)13-27-20-10-4-16(3)5-11-20/h4-11,14-15H,12-13H2,1-3H3. The first-order chi connectivity index (χ1) is 13.4. The zero-order valence-electron chi connectivity index (χ0n) is 16.2. The molecule has 0 spiro atoms. The van der Waals surface area contributed by atoms with E-state index in [1.807, 2.05) is 55.3 Å². The molecule has 1 aromatic heterocycles. The first kappa shape index (κ1) is 20.4. The molecule has 0 saturated carbocycles. The fourth-order valence-electron chi connectivity index (χ4n) is 2.69. The Morgan fingerprint density at radius 1 is 1.14 bits per heavy atom. The Morgan fingerprint density at radius 2 is 1.82 bits per heavy atom. The smallest absolute Gasteiger partial charge is 0.254 e. The van der Waals surface area contributed by atoms with E-state index in [0.717, 1.165) is 16.5 Å². The molecule has 28 heavy (non-hydrogen) atoms. The molecule has 0 aliphatic rings. The van der Waals surface area contributed by atoms with Gasteiger partial charge in [0, 0.05) is 22.0 Å². The van der Waals surface area contributed by atoms with Crippen molar-refractivity contribution >= 4 is 28.8 Å². The van der Waals surface area contributed by atoms with Crippen molar-refractivity contribution in [1.29, 1.82) is 0 Å². The van der Waals surface area contributed by atoms with E-state index in [-0.39, 0.29) is 11.9 Å². The van der Waals surface area contributed by atoms with Crippen LogP contribution in [-0.4, -0.2) is 21.8 Å². The second-order valence-corrected chi connectivity index (χ2v) is 8.25. The summed E-state index contributed by atoms with van der Waals surface area (Å²) in [7, 11) is 0. The quantitative estimate of drug-likeness (QED) is 0.495. The summed E-state index contributed by atoms with van der Waals surface area (Å²) in [5, 5.41) is 3.49. The van der Waals surface area contributed by atoms with Crippen molar-refractivity contribution in [1.82, 2.24) is 9.88 Å². The molecule has 0 saturated heterocycles. The van der Waals surface area contributed by atoms with Crippen molar-refractivity contribution in [2.45, 2.75) is 40.0 Å². The Balaban J connectivity index is 1.64. The maximum atomic E-state index is 12.9. The Kier molecular flexibility index (Phi) is 6.70. The van der Waals surface area contributed by atoms with E-state index in [2.05, 4.69) is 4.98 Å². The number of amides is 1. The van der Waals surface area contributed by atoms with Crippen LogP contribution >= 0.6 is 22.9 Å². The highest BCUT2D eigenvalue weighted by molar-refractivity contribution is 7.09. The Labute approximate surface area is 174 Å². The lowest BCUT2D eigenvalue weighted by Gasteiger charge is -2.26. The summed E-state index contributed by atoms with van der Waals surface area (Å²) in [6.45, 7) is 6.92. The van der Waals surface area contributed by atoms with E-state index < -0.39 is 0 Å². The molecule has 3 aromatic rings. The van der Waals surface area contributed by atoms with Gasteiger partial charge in [0.25, 0.3) is 5.91 Å². The molecule has 3 rings (SSSR count). The highest BCUT2D eigenvalue weighted by atomic mass is 35.5. The topological polar surface area (TPSA) is 42.4 Å². The lowest BCUT2D eigenvalue weighted by Crippen LogP contribution is -2.36. The number of halogens is 1. The van der Waals surface area contributed by atoms with E-state index in [1.54, 1.807) is 35.6 Å². The van der Waals surface area contributed by atoms with Crippen molar-refractivity contribution in [3.63, 3.8) is 0 Å². The van der Waals surface area contributed by atoms with Gasteiger partial charge in [-0.25, -0.2) is 4.98 Å². The fourth-order valence-corrected chi connectivity index (χ4v) is 3.51. The van der Waals surface area contributed by atoms with Gasteiger partial charge in [0.05, 0.1) is 12.2 Å². The number of carbonyl (C=O) groups excluding carboxylic acids is 1. The summed E-state index contributed by atoms with van der Waals surface area (Å²) in [4.78, 5) is 19.3. The van der Waals surface area contributed by atoms with Crippen LogP contribution in [0.25, 0.3) is 0 Å². The van der Waals surface area contributed by atoms with Crippen molar-refractivity contribution in [2.24, 2.45) is 0 Å². The molecule has 0 N–H and O–H groups in total. The van der Waals surface area contributed by atoms with Crippen LogP contribution in [0.15, 0.2) is 53.9 Å². The predicted octanol–water partition coefficient (Wildman–Crippen LogP) is 5.73. The maximum absolute atomic E-state index is 12.9. The second kappa shape index (κ2) is 9.22. The lowest BCUT2D eigenvalue weighted by molar-refractivity contribution is 0.0688. The molecule has 0 aliphatic heterocycles. The largest absolute Gasteiger partial charge is 0.486 e. The average Bonchev–Trinajstić information content (AvgIpc) is 3.13. The fraction of sp³-hybridized carbons (Fsp3) is 0.273. The van der Waals surface area contributed by atoms with Gasteiger partial charge in [-0.05, 0) is 57.2 Å². The van der Waals surface area contributed by atoms with E-state index in [0.29, 0.717) is 23.7 Å². The zero-order valence-corrected chi connectivity index (χ0v) is 17.8. The molecule has 146 valence electrons. The number of benzene rings is 2. The summed E-state index contributed by atoms with van der Waals surface area (Å²) in [5.74, 6) is 0.793. The molecule has 1 heterocycles. The molecule has 0 atom stereocenters. The number of hydrogen-bond acceptors (Lipinski definition) is 4. The van der Waals surface area contributed by atoms with Crippen molar-refractivity contribution < 1.29 is 9.53 Å². The van der Waals surface area contributed by atoms with Crippen LogP contribution in [0, 0.1) is 6.92 Å². The summed E-state index contributed by atoms with van der Waals surface area (Å²) in [6.07, 6.45) is 0. The number of hydrogen-bond donors (Lipinski definition) is 0. The third-order valence-corrected chi connectivity index (χ3v) is 5.41. The normalized spacial score (nSPS) is 10.9. The van der Waals surface area contributed by atoms with Crippen LogP contribution in [0.1, 0.15) is 40.5 Å². The molecule has 0 bridgehead atoms. The molecule has 0 fully saturated rings. The predicted molar refractivity (Wildman–Crippen MR) is 114 cm³/mol. The minimum atomic E-state index is -0.0304. The highest BCUT2D eigenvalue weighted by Crippen LogP contribution is 2.19. The first-order valence-corrected chi connectivity index (χ1v) is 10.4. The van der Waals surface area contributed by atoms with Gasteiger partial charge in [0.15, 0.2) is 0 Å². The van der Waals surface area contributed by atoms with Gasteiger partial charge in [0.2, 0.25) is 0 Å². The van der Waals surface area contributed by atoms with Crippen molar-refractivity contribution in [2.75, 3.05) is 0 Å². The zero-order chi connectivity index (χ0) is 20.1. The number of nitrogens with zero attached hydrogens (tertiary/aromatic N) is 2. The SMILES string of the molecule is Cc1ccc(OCc2nc(CN(C(=O)c3ccc(Cl)cc3)C(C)C)cs2)cc1. The van der Waals surface area contributed by atoms with Gasteiger partial charge in [-0.2, -0.15) is 0 Å². The molecular weight excluding hydrogens is 392 g/mol. The molecule has 1 amide bonds. The summed E-state index contributed by atoms with van der Waals surface area (Å²) < 4.78 is 5.80. The number of aryl methyl sites for hydroxylation is 1. The van der Waals surface area contributed by atoms with Crippen molar-refractivity contribution in [3.05, 3.63) is 80.8 Å². The van der Waals surface area contributed by atoms with Crippen LogP contribution in [0.4, 0.5) is 0 Å². The minimum Gasteiger partial charge on any atom is -0.486 e. The van der Waals surface area contributed by atoms with E-state index >= 15 is 0 Å². The van der Waals surface area contributed by atoms with Crippen LogP contribution in [-0.2, 0) is 13.2 Å². The van der Waals surface area contributed by atoms with Crippen LogP contribution < -0.4 is 4.74 Å². The van der Waals surface area contributed by atoms with E-state index in [4.69, 9.17) is 16.3 Å².